The van der Waals surface area contributed by atoms with Gasteiger partial charge in [0.2, 0.25) is 5.96 Å². The number of hydrazone groups is 1. The van der Waals surface area contributed by atoms with E-state index < -0.39 is 36.3 Å². The zero-order valence-corrected chi connectivity index (χ0v) is 13.6. The molecule has 0 radical (unpaired) electrons. The second-order valence-corrected chi connectivity index (χ2v) is 4.31. The lowest BCUT2D eigenvalue weighted by molar-refractivity contribution is 0.994. The summed E-state index contributed by atoms with van der Waals surface area (Å²) in [6, 6.07) is -3.20. The lowest BCUT2D eigenvalue weighted by Gasteiger charge is -1.96. The fourth-order valence-electron chi connectivity index (χ4n) is 1.08. The summed E-state index contributed by atoms with van der Waals surface area (Å²) in [6.45, 7) is 0. The molecule has 2 aromatic rings. The van der Waals surface area contributed by atoms with Gasteiger partial charge in [0.15, 0.2) is 0 Å². The van der Waals surface area contributed by atoms with Gasteiger partial charge in [-0.3, -0.25) is 0 Å². The number of benzene rings is 2. The van der Waals surface area contributed by atoms with Crippen LogP contribution in [-0.2, 0) is 0 Å². The van der Waals surface area contributed by atoms with Crippen LogP contribution in [0.25, 0.3) is 0 Å². The summed E-state index contributed by atoms with van der Waals surface area (Å²) in [5.41, 5.74) is 7.55. The molecule has 0 aromatic heterocycles. The van der Waals surface area contributed by atoms with Crippen molar-refractivity contribution in [2.45, 2.75) is 0 Å². The van der Waals surface area contributed by atoms with Crippen LogP contribution in [0.3, 0.4) is 0 Å². The van der Waals surface area contributed by atoms with Crippen LogP contribution in [0.5, 0.6) is 0 Å². The Morgan fingerprint density at radius 2 is 1.43 bits per heavy atom. The molecular weight excluding hydrogens is 357 g/mol. The van der Waals surface area contributed by atoms with Gasteiger partial charge in [-0.15, -0.1) is 17.5 Å². The maximum Gasteiger partial charge on any atom is 0.234 e. The SMILES string of the molecule is Cl.[2H]c1c([2H])c(/C=N/N=C(N)N/N=C/c2c([2H])c([2H])c(Cl)c([2H])c2[2H])c([2H])c([2H])c1Cl. The van der Waals surface area contributed by atoms with E-state index in [-0.39, 0.29) is 51.6 Å². The zero-order valence-electron chi connectivity index (χ0n) is 19.2. The topological polar surface area (TPSA) is 75.1 Å². The van der Waals surface area contributed by atoms with Crippen LogP contribution in [0.15, 0.2) is 63.6 Å². The molecule has 5 nitrogen and oxygen atoms in total. The molecule has 0 bridgehead atoms. The second kappa shape index (κ2) is 9.84. The third-order valence-corrected chi connectivity index (χ3v) is 2.33. The first-order valence-corrected chi connectivity index (χ1v) is 6.41. The molecule has 8 heteroatoms. The highest BCUT2D eigenvalue weighted by molar-refractivity contribution is 6.30. The minimum Gasteiger partial charge on any atom is -0.367 e. The Morgan fingerprint density at radius 1 is 0.957 bits per heavy atom. The van der Waals surface area contributed by atoms with Crippen molar-refractivity contribution in [2.24, 2.45) is 21.0 Å². The Hall–Kier alpha value is -2.08. The lowest BCUT2D eigenvalue weighted by atomic mass is 10.2. The number of nitrogens with zero attached hydrogens (tertiary/aromatic N) is 3. The van der Waals surface area contributed by atoms with E-state index in [0.29, 0.717) is 0 Å². The van der Waals surface area contributed by atoms with E-state index in [2.05, 4.69) is 20.7 Å². The number of nitrogens with two attached hydrogens (primary N) is 1. The van der Waals surface area contributed by atoms with Gasteiger partial charge in [-0.2, -0.15) is 10.2 Å². The molecule has 0 aliphatic heterocycles. The van der Waals surface area contributed by atoms with Gasteiger partial charge >= 0.3 is 0 Å². The van der Waals surface area contributed by atoms with E-state index in [1.165, 1.54) is 0 Å². The van der Waals surface area contributed by atoms with Gasteiger partial charge in [0.25, 0.3) is 0 Å². The highest BCUT2D eigenvalue weighted by Gasteiger charge is 1.90. The third kappa shape index (κ3) is 7.15. The smallest absolute Gasteiger partial charge is 0.234 e. The lowest BCUT2D eigenvalue weighted by Crippen LogP contribution is -2.26. The van der Waals surface area contributed by atoms with Crippen LogP contribution in [-0.4, -0.2) is 18.4 Å². The summed E-state index contributed by atoms with van der Waals surface area (Å²) in [5, 5.41) is 10.2. The molecule has 120 valence electrons. The van der Waals surface area contributed by atoms with Crippen molar-refractivity contribution in [2.75, 3.05) is 0 Å². The molecule has 0 atom stereocenters. The summed E-state index contributed by atoms with van der Waals surface area (Å²) < 4.78 is 61.8. The maximum atomic E-state index is 7.80. The molecule has 2 aromatic carbocycles. The third-order valence-electron chi connectivity index (χ3n) is 1.95. The van der Waals surface area contributed by atoms with Crippen LogP contribution in [0.4, 0.5) is 0 Å². The van der Waals surface area contributed by atoms with E-state index >= 15 is 0 Å². The molecule has 0 spiro atoms. The van der Waals surface area contributed by atoms with Gasteiger partial charge in [0.05, 0.1) is 23.4 Å². The Balaban J connectivity index is 0.00000480. The quantitative estimate of drug-likeness (QED) is 0.483. The van der Waals surface area contributed by atoms with Crippen molar-refractivity contribution in [3.05, 3.63) is 69.5 Å². The summed E-state index contributed by atoms with van der Waals surface area (Å²) in [7, 11) is 0. The molecule has 0 aliphatic carbocycles. The number of hydrogen-bond donors (Lipinski definition) is 2. The minimum atomic E-state index is -0.415. The molecular formula is C15H14Cl3N5. The Morgan fingerprint density at radius 3 is 1.96 bits per heavy atom. The van der Waals surface area contributed by atoms with Gasteiger partial charge in [-0.05, 0) is 35.3 Å². The summed E-state index contributed by atoms with van der Waals surface area (Å²) in [6.07, 6.45) is 1.97. The Bertz CT molecular complexity index is 1050. The molecule has 0 heterocycles. The fraction of sp³-hybridized carbons (Fsp3) is 0. The summed E-state index contributed by atoms with van der Waals surface area (Å²) in [4.78, 5) is 0. The van der Waals surface area contributed by atoms with Gasteiger partial charge < -0.3 is 5.73 Å². The number of halogens is 3. The van der Waals surface area contributed by atoms with Crippen LogP contribution in [0.2, 0.25) is 10.0 Å². The van der Waals surface area contributed by atoms with Gasteiger partial charge in [0, 0.05) is 10.0 Å². The van der Waals surface area contributed by atoms with Crippen molar-refractivity contribution < 1.29 is 11.0 Å². The Kier molecular flexibility index (Phi) is 4.25. The average Bonchev–Trinajstić information content (AvgIpc) is 2.72. The molecule has 3 N–H and O–H groups in total. The molecule has 0 saturated heterocycles. The monoisotopic (exact) mass is 377 g/mol. The van der Waals surface area contributed by atoms with Gasteiger partial charge in [-0.1, -0.05) is 47.4 Å². The minimum absolute atomic E-state index is 0. The first kappa shape index (κ1) is 9.93. The standard InChI is InChI=1S/C15H13Cl2N5.ClH/c16-13-5-1-11(2-6-13)9-19-21-15(18)22-20-10-12-3-7-14(17)8-4-12;/h1-10H,(H3,18,21,22);1H/b19-9+,20-10+;/i1D,2D,3D,4D,5D,6D,7D,8D;. The predicted molar refractivity (Wildman–Crippen MR) is 100 cm³/mol. The zero-order chi connectivity index (χ0) is 22.7. The molecule has 2 rings (SSSR count). The largest absolute Gasteiger partial charge is 0.367 e. The number of rotatable bonds is 4. The van der Waals surface area contributed by atoms with E-state index in [9.17, 15) is 0 Å². The molecule has 0 saturated carbocycles. The van der Waals surface area contributed by atoms with E-state index in [1.54, 1.807) is 0 Å². The molecule has 0 fully saturated rings. The molecule has 0 amide bonds. The van der Waals surface area contributed by atoms with Crippen LogP contribution in [0, 0.1) is 0 Å². The molecule has 23 heavy (non-hydrogen) atoms. The highest BCUT2D eigenvalue weighted by atomic mass is 35.5. The predicted octanol–water partition coefficient (Wildman–Crippen LogP) is 3.69. The van der Waals surface area contributed by atoms with E-state index in [0.717, 1.165) is 12.4 Å². The van der Waals surface area contributed by atoms with E-state index in [4.69, 9.17) is 39.9 Å². The summed E-state index contributed by atoms with van der Waals surface area (Å²) >= 11 is 11.4. The number of guanidine groups is 1. The van der Waals surface area contributed by atoms with Crippen molar-refractivity contribution in [1.82, 2.24) is 5.43 Å². The fourth-order valence-corrected chi connectivity index (χ4v) is 1.27. The highest BCUT2D eigenvalue weighted by Crippen LogP contribution is 2.08. The van der Waals surface area contributed by atoms with E-state index in [1.807, 2.05) is 0 Å². The molecule has 0 aliphatic rings. The van der Waals surface area contributed by atoms with Crippen molar-refractivity contribution in [1.29, 1.82) is 0 Å². The van der Waals surface area contributed by atoms with Gasteiger partial charge in [-0.25, -0.2) is 5.43 Å². The van der Waals surface area contributed by atoms with Crippen LogP contribution < -0.4 is 11.2 Å². The second-order valence-electron chi connectivity index (χ2n) is 3.56. The first-order chi connectivity index (χ1) is 14.0. The Labute approximate surface area is 161 Å². The normalized spacial score (nSPS) is 16.5. The summed E-state index contributed by atoms with van der Waals surface area (Å²) in [5.74, 6) is -0.337. The van der Waals surface area contributed by atoms with Crippen molar-refractivity contribution >= 4 is 54.0 Å². The maximum absolute atomic E-state index is 7.80. The van der Waals surface area contributed by atoms with Crippen LogP contribution >= 0.6 is 35.6 Å². The number of nitrogens with one attached hydrogen (secondary N) is 1. The first-order valence-electron chi connectivity index (χ1n) is 9.66. The van der Waals surface area contributed by atoms with Gasteiger partial charge in [0.1, 0.15) is 0 Å². The number of hydrogen-bond acceptors (Lipinski definition) is 3. The van der Waals surface area contributed by atoms with Crippen LogP contribution in [0.1, 0.15) is 22.1 Å². The molecule has 0 unspecified atom stereocenters. The van der Waals surface area contributed by atoms with Crippen molar-refractivity contribution in [3.63, 3.8) is 0 Å². The van der Waals surface area contributed by atoms with Crippen molar-refractivity contribution in [3.8, 4) is 0 Å². The average molecular weight is 379 g/mol.